The van der Waals surface area contributed by atoms with E-state index in [2.05, 4.69) is 4.99 Å². The minimum Gasteiger partial charge on any atom is -0.379 e. The standard InChI is InChI=1S/C16H12F3N3O2S/c17-16(18,19)13-9-11(10-2-1-3-12(8-10)22(23)24)4-5-14(13)25-7-6-21-15(25)20/h1-9,25H,(H2,20,21). The molecule has 0 radical (unpaired) electrons. The van der Waals surface area contributed by atoms with Crippen molar-refractivity contribution in [1.82, 2.24) is 0 Å². The minimum atomic E-state index is -4.58. The van der Waals surface area contributed by atoms with E-state index in [1.165, 1.54) is 42.6 Å². The van der Waals surface area contributed by atoms with Crippen molar-refractivity contribution >= 4 is 21.8 Å². The average Bonchev–Trinajstić information content (AvgIpc) is 2.99. The van der Waals surface area contributed by atoms with Gasteiger partial charge in [0.25, 0.3) is 5.69 Å². The molecule has 0 amide bonds. The third kappa shape index (κ3) is 3.36. The molecule has 0 saturated carbocycles. The fourth-order valence-electron chi connectivity index (χ4n) is 2.47. The first-order valence-corrected chi connectivity index (χ1v) is 8.44. The topological polar surface area (TPSA) is 81.5 Å². The number of nitrogens with zero attached hydrogens (tertiary/aromatic N) is 2. The number of nitro groups is 1. The van der Waals surface area contributed by atoms with Gasteiger partial charge >= 0.3 is 6.18 Å². The van der Waals surface area contributed by atoms with E-state index < -0.39 is 27.6 Å². The lowest BCUT2D eigenvalue weighted by Crippen LogP contribution is -2.13. The molecular formula is C16H12F3N3O2S. The highest BCUT2D eigenvalue weighted by Crippen LogP contribution is 2.48. The minimum absolute atomic E-state index is 0.0617. The predicted octanol–water partition coefficient (Wildman–Crippen LogP) is 4.44. The normalized spacial score (nSPS) is 18.2. The summed E-state index contributed by atoms with van der Waals surface area (Å²) < 4.78 is 40.6. The summed E-state index contributed by atoms with van der Waals surface area (Å²) in [7, 11) is -1.47. The zero-order valence-electron chi connectivity index (χ0n) is 12.6. The molecule has 2 aromatic carbocycles. The van der Waals surface area contributed by atoms with Gasteiger partial charge in [0.2, 0.25) is 0 Å². The summed E-state index contributed by atoms with van der Waals surface area (Å²) in [6.45, 7) is 0. The van der Waals surface area contributed by atoms with Crippen molar-refractivity contribution in [3.05, 3.63) is 69.8 Å². The van der Waals surface area contributed by atoms with Crippen LogP contribution in [0.25, 0.3) is 11.1 Å². The predicted molar refractivity (Wildman–Crippen MR) is 91.5 cm³/mol. The van der Waals surface area contributed by atoms with Crippen molar-refractivity contribution in [2.24, 2.45) is 10.7 Å². The smallest absolute Gasteiger partial charge is 0.379 e. The van der Waals surface area contributed by atoms with Crippen molar-refractivity contribution in [2.75, 3.05) is 0 Å². The second-order valence-electron chi connectivity index (χ2n) is 5.19. The van der Waals surface area contributed by atoms with Gasteiger partial charge in [0.05, 0.1) is 10.5 Å². The number of aliphatic imine (C=N–C) groups is 1. The van der Waals surface area contributed by atoms with E-state index in [4.69, 9.17) is 5.73 Å². The van der Waals surface area contributed by atoms with Gasteiger partial charge in [-0.05, 0) is 28.7 Å². The fourth-order valence-corrected chi connectivity index (χ4v) is 4.11. The van der Waals surface area contributed by atoms with E-state index in [1.807, 2.05) is 0 Å². The molecule has 0 aromatic heterocycles. The molecule has 1 atom stereocenters. The van der Waals surface area contributed by atoms with Crippen LogP contribution in [0.3, 0.4) is 0 Å². The Kier molecular flexibility index (Phi) is 4.25. The average molecular weight is 367 g/mol. The Labute approximate surface area is 143 Å². The maximum Gasteiger partial charge on any atom is 0.417 e. The van der Waals surface area contributed by atoms with Crippen LogP contribution in [0.15, 0.2) is 64.0 Å². The number of non-ortho nitro benzene ring substituents is 1. The third-order valence-electron chi connectivity index (χ3n) is 3.62. The highest BCUT2D eigenvalue weighted by atomic mass is 32.2. The van der Waals surface area contributed by atoms with Crippen molar-refractivity contribution in [2.45, 2.75) is 11.1 Å². The van der Waals surface area contributed by atoms with Gasteiger partial charge in [0.15, 0.2) is 0 Å². The van der Waals surface area contributed by atoms with Crippen molar-refractivity contribution in [3.8, 4) is 11.1 Å². The Balaban J connectivity index is 2.12. The highest BCUT2D eigenvalue weighted by molar-refractivity contribution is 8.32. The Hall–Kier alpha value is -2.81. The van der Waals surface area contributed by atoms with Crippen molar-refractivity contribution < 1.29 is 18.1 Å². The highest BCUT2D eigenvalue weighted by Gasteiger charge is 2.35. The summed E-state index contributed by atoms with van der Waals surface area (Å²) in [6.07, 6.45) is -3.18. The maximum absolute atomic E-state index is 13.5. The fraction of sp³-hybridized carbons (Fsp3) is 0.0625. The molecule has 0 spiro atoms. The number of hydrogen-bond acceptors (Lipinski definition) is 4. The zero-order valence-corrected chi connectivity index (χ0v) is 13.5. The Morgan fingerprint density at radius 3 is 2.44 bits per heavy atom. The molecule has 9 heteroatoms. The Morgan fingerprint density at radius 1 is 1.12 bits per heavy atom. The van der Waals surface area contributed by atoms with Crippen LogP contribution in [0.4, 0.5) is 18.9 Å². The van der Waals surface area contributed by atoms with Crippen LogP contribution in [-0.4, -0.2) is 10.1 Å². The number of nitro benzene ring substituents is 1. The molecule has 2 aromatic rings. The Bertz CT molecular complexity index is 910. The summed E-state index contributed by atoms with van der Waals surface area (Å²) in [5.41, 5.74) is 5.28. The van der Waals surface area contributed by atoms with E-state index in [-0.39, 0.29) is 21.3 Å². The maximum atomic E-state index is 13.5. The molecule has 130 valence electrons. The summed E-state index contributed by atoms with van der Waals surface area (Å²) in [6, 6.07) is 9.35. The molecule has 1 unspecified atom stereocenters. The lowest BCUT2D eigenvalue weighted by molar-refractivity contribution is -0.384. The molecule has 1 heterocycles. The molecular weight excluding hydrogens is 355 g/mol. The number of hydrogen-bond donors (Lipinski definition) is 2. The lowest BCUT2D eigenvalue weighted by Gasteiger charge is -2.20. The summed E-state index contributed by atoms with van der Waals surface area (Å²) in [5, 5.41) is 12.6. The van der Waals surface area contributed by atoms with E-state index in [1.54, 1.807) is 5.41 Å². The van der Waals surface area contributed by atoms with Gasteiger partial charge in [-0.1, -0.05) is 18.2 Å². The van der Waals surface area contributed by atoms with Crippen LogP contribution in [0.5, 0.6) is 0 Å². The van der Waals surface area contributed by atoms with Gasteiger partial charge in [-0.25, -0.2) is 4.99 Å². The molecule has 0 bridgehead atoms. The van der Waals surface area contributed by atoms with Gasteiger partial charge in [0, 0.05) is 23.2 Å². The van der Waals surface area contributed by atoms with E-state index in [0.29, 0.717) is 5.56 Å². The SMILES string of the molecule is NC1=NC=C[SH]1c1ccc(-c2cccc([N+](=O)[O-])c2)cc1C(F)(F)F. The molecule has 5 nitrogen and oxygen atoms in total. The van der Waals surface area contributed by atoms with Crippen LogP contribution in [0, 0.1) is 10.1 Å². The third-order valence-corrected chi connectivity index (χ3v) is 5.57. The van der Waals surface area contributed by atoms with Gasteiger partial charge in [-0.15, -0.1) is 10.9 Å². The molecule has 25 heavy (non-hydrogen) atoms. The van der Waals surface area contributed by atoms with Crippen LogP contribution in [0.1, 0.15) is 5.56 Å². The molecule has 0 fully saturated rings. The number of rotatable bonds is 3. The number of benzene rings is 2. The molecule has 0 aliphatic carbocycles. The second kappa shape index (κ2) is 6.25. The van der Waals surface area contributed by atoms with E-state index >= 15 is 0 Å². The number of halogens is 3. The van der Waals surface area contributed by atoms with Gasteiger partial charge < -0.3 is 5.73 Å². The first kappa shape index (κ1) is 17.0. The summed E-state index contributed by atoms with van der Waals surface area (Å²) in [4.78, 5) is 14.2. The van der Waals surface area contributed by atoms with Crippen LogP contribution in [0.2, 0.25) is 0 Å². The first-order valence-electron chi connectivity index (χ1n) is 7.02. The van der Waals surface area contributed by atoms with Crippen LogP contribution < -0.4 is 5.73 Å². The molecule has 3 rings (SSSR count). The monoisotopic (exact) mass is 367 g/mol. The quantitative estimate of drug-likeness (QED) is 0.478. The number of amidine groups is 1. The van der Waals surface area contributed by atoms with Gasteiger partial charge in [-0.3, -0.25) is 10.1 Å². The number of thiol groups is 1. The first-order chi connectivity index (χ1) is 11.8. The van der Waals surface area contributed by atoms with Gasteiger partial charge in [0.1, 0.15) is 5.17 Å². The molecule has 1 aliphatic heterocycles. The molecule has 1 aliphatic rings. The second-order valence-corrected chi connectivity index (χ2v) is 7.17. The van der Waals surface area contributed by atoms with Crippen molar-refractivity contribution in [1.29, 1.82) is 0 Å². The lowest BCUT2D eigenvalue weighted by atomic mass is 10.0. The number of nitrogens with two attached hydrogens (primary N) is 1. The largest absolute Gasteiger partial charge is 0.417 e. The van der Waals surface area contributed by atoms with Crippen LogP contribution >= 0.6 is 10.9 Å². The number of alkyl halides is 3. The summed E-state index contributed by atoms with van der Waals surface area (Å²) in [5.74, 6) is 0. The molecule has 0 saturated heterocycles. The molecule has 2 N–H and O–H groups in total. The van der Waals surface area contributed by atoms with Crippen molar-refractivity contribution in [3.63, 3.8) is 0 Å². The van der Waals surface area contributed by atoms with Gasteiger partial charge in [-0.2, -0.15) is 13.2 Å². The Morgan fingerprint density at radius 2 is 1.84 bits per heavy atom. The summed E-state index contributed by atoms with van der Waals surface area (Å²) >= 11 is 0. The van der Waals surface area contributed by atoms with Crippen LogP contribution in [-0.2, 0) is 6.18 Å². The van der Waals surface area contributed by atoms with E-state index in [0.717, 1.165) is 6.07 Å². The van der Waals surface area contributed by atoms with E-state index in [9.17, 15) is 23.3 Å². The zero-order chi connectivity index (χ0) is 18.2.